The molecule has 0 aliphatic rings. The van der Waals surface area contributed by atoms with Gasteiger partial charge in [0.2, 0.25) is 0 Å². The van der Waals surface area contributed by atoms with Crippen LogP contribution in [-0.2, 0) is 15.3 Å². The number of carbonyl (C=O) groups excluding carboxylic acids is 1. The number of hydrogen-bond acceptors (Lipinski definition) is 7. The van der Waals surface area contributed by atoms with Gasteiger partial charge in [0, 0.05) is 11.8 Å². The van der Waals surface area contributed by atoms with E-state index < -0.39 is 10.5 Å². The molecule has 21 heavy (non-hydrogen) atoms. The fourth-order valence-electron chi connectivity index (χ4n) is 1.64. The molecule has 0 unspecified atom stereocenters. The van der Waals surface area contributed by atoms with Crippen LogP contribution in [0.4, 0.5) is 11.4 Å². The molecular formula is C13H19N3O4S. The molecule has 0 spiro atoms. The smallest absolute Gasteiger partial charge is 0.316 e. The first-order valence-electron chi connectivity index (χ1n) is 6.27. The molecule has 0 aliphatic heterocycles. The van der Waals surface area contributed by atoms with Crippen molar-refractivity contribution in [3.63, 3.8) is 0 Å². The highest BCUT2D eigenvalue weighted by Crippen LogP contribution is 2.30. The molecule has 0 saturated heterocycles. The number of ether oxygens (including phenoxy) is 1. The van der Waals surface area contributed by atoms with Gasteiger partial charge in [-0.1, -0.05) is 12.1 Å². The number of hydrogen-bond donors (Lipinski definition) is 2. The molecule has 0 saturated carbocycles. The van der Waals surface area contributed by atoms with Gasteiger partial charge in [-0.2, -0.15) is 0 Å². The van der Waals surface area contributed by atoms with Crippen molar-refractivity contribution in [3.05, 3.63) is 33.9 Å². The van der Waals surface area contributed by atoms with E-state index in [-0.39, 0.29) is 23.1 Å². The molecule has 116 valence electrons. The summed E-state index contributed by atoms with van der Waals surface area (Å²) in [6.45, 7) is 5.39. The molecular weight excluding hydrogens is 294 g/mol. The molecule has 0 fully saturated rings. The number of benzene rings is 1. The summed E-state index contributed by atoms with van der Waals surface area (Å²) in [5, 5.41) is 10.9. The fraction of sp³-hybridized carbons (Fsp3) is 0.462. The number of nitro groups is 1. The number of anilines is 1. The third kappa shape index (κ3) is 5.60. The minimum Gasteiger partial charge on any atom is -0.459 e. The van der Waals surface area contributed by atoms with Crippen LogP contribution in [0.1, 0.15) is 26.3 Å². The van der Waals surface area contributed by atoms with Gasteiger partial charge in [0.25, 0.3) is 5.69 Å². The number of esters is 1. The van der Waals surface area contributed by atoms with E-state index >= 15 is 0 Å². The van der Waals surface area contributed by atoms with Gasteiger partial charge in [0.1, 0.15) is 11.3 Å². The van der Waals surface area contributed by atoms with Gasteiger partial charge in [0.05, 0.1) is 10.7 Å². The first kappa shape index (κ1) is 17.3. The second kappa shape index (κ2) is 7.28. The maximum Gasteiger partial charge on any atom is 0.316 e. The van der Waals surface area contributed by atoms with Crippen molar-refractivity contribution in [2.45, 2.75) is 32.1 Å². The van der Waals surface area contributed by atoms with Crippen molar-refractivity contribution in [3.8, 4) is 0 Å². The number of nitrogens with one attached hydrogen (secondary N) is 1. The Hall–Kier alpha value is -1.80. The molecule has 0 aliphatic carbocycles. The van der Waals surface area contributed by atoms with E-state index in [0.717, 1.165) is 0 Å². The van der Waals surface area contributed by atoms with Crippen molar-refractivity contribution in [2.75, 3.05) is 11.2 Å². The fourth-order valence-corrected chi connectivity index (χ4v) is 2.43. The van der Waals surface area contributed by atoms with Gasteiger partial charge in [-0.15, -0.1) is 11.8 Å². The summed E-state index contributed by atoms with van der Waals surface area (Å²) in [5.41, 5.74) is 2.67. The van der Waals surface area contributed by atoms with Crippen LogP contribution in [0, 0.1) is 10.1 Å². The molecule has 8 heteroatoms. The quantitative estimate of drug-likeness (QED) is 0.359. The van der Waals surface area contributed by atoms with Crippen LogP contribution in [0.5, 0.6) is 0 Å². The Labute approximate surface area is 127 Å². The molecule has 0 bridgehead atoms. The second-order valence-corrected chi connectivity index (χ2v) is 6.28. The number of nitrogen functional groups attached to an aromatic ring is 1. The Kier molecular flexibility index (Phi) is 5.98. The first-order chi connectivity index (χ1) is 9.74. The lowest BCUT2D eigenvalue weighted by Crippen LogP contribution is -2.25. The van der Waals surface area contributed by atoms with Crippen LogP contribution in [0.25, 0.3) is 0 Å². The Morgan fingerprint density at radius 1 is 1.48 bits per heavy atom. The Bertz CT molecular complexity index is 529. The van der Waals surface area contributed by atoms with E-state index in [1.807, 2.05) is 0 Å². The zero-order chi connectivity index (χ0) is 16.0. The van der Waals surface area contributed by atoms with Crippen LogP contribution in [0.3, 0.4) is 0 Å². The van der Waals surface area contributed by atoms with Crippen LogP contribution >= 0.6 is 11.8 Å². The van der Waals surface area contributed by atoms with E-state index in [4.69, 9.17) is 10.6 Å². The number of thioether (sulfide) groups is 1. The van der Waals surface area contributed by atoms with Gasteiger partial charge >= 0.3 is 5.97 Å². The zero-order valence-electron chi connectivity index (χ0n) is 12.2. The average Bonchev–Trinajstić information content (AvgIpc) is 2.36. The van der Waals surface area contributed by atoms with Gasteiger partial charge in [-0.25, -0.2) is 0 Å². The third-order valence-electron chi connectivity index (χ3n) is 2.37. The molecule has 0 atom stereocenters. The zero-order valence-corrected chi connectivity index (χ0v) is 13.0. The lowest BCUT2D eigenvalue weighted by molar-refractivity contribution is -0.384. The maximum atomic E-state index is 11.6. The Morgan fingerprint density at radius 2 is 2.14 bits per heavy atom. The molecule has 1 aromatic carbocycles. The van der Waals surface area contributed by atoms with Gasteiger partial charge in [0.15, 0.2) is 0 Å². The van der Waals surface area contributed by atoms with Crippen LogP contribution in [0.2, 0.25) is 0 Å². The van der Waals surface area contributed by atoms with Crippen molar-refractivity contribution >= 4 is 29.1 Å². The topological polar surface area (TPSA) is 107 Å². The monoisotopic (exact) mass is 313 g/mol. The van der Waals surface area contributed by atoms with Crippen LogP contribution in [-0.4, -0.2) is 22.2 Å². The summed E-state index contributed by atoms with van der Waals surface area (Å²) in [6.07, 6.45) is 0. The van der Waals surface area contributed by atoms with E-state index in [2.05, 4.69) is 5.43 Å². The van der Waals surface area contributed by atoms with Gasteiger partial charge in [-0.05, 0) is 26.3 Å². The lowest BCUT2D eigenvalue weighted by Gasteiger charge is -2.19. The summed E-state index contributed by atoms with van der Waals surface area (Å²) >= 11 is 1.31. The van der Waals surface area contributed by atoms with E-state index in [0.29, 0.717) is 11.3 Å². The summed E-state index contributed by atoms with van der Waals surface area (Å²) in [4.78, 5) is 22.0. The summed E-state index contributed by atoms with van der Waals surface area (Å²) in [6, 6.07) is 4.68. The molecule has 0 heterocycles. The van der Waals surface area contributed by atoms with E-state index in [1.165, 1.54) is 17.8 Å². The molecule has 7 nitrogen and oxygen atoms in total. The lowest BCUT2D eigenvalue weighted by atomic mass is 10.2. The number of nitrogens with zero attached hydrogens (tertiary/aromatic N) is 1. The summed E-state index contributed by atoms with van der Waals surface area (Å²) in [7, 11) is 0. The first-order valence-corrected chi connectivity index (χ1v) is 7.42. The molecule has 1 rings (SSSR count). The highest BCUT2D eigenvalue weighted by molar-refractivity contribution is 7.99. The maximum absolute atomic E-state index is 11.6. The average molecular weight is 313 g/mol. The Morgan fingerprint density at radius 3 is 2.67 bits per heavy atom. The number of carbonyl (C=O) groups is 1. The van der Waals surface area contributed by atoms with Crippen molar-refractivity contribution < 1.29 is 14.5 Å². The minimum atomic E-state index is -0.521. The summed E-state index contributed by atoms with van der Waals surface area (Å²) < 4.78 is 5.19. The Balaban J connectivity index is 2.66. The number of hydrazine groups is 1. The molecule has 0 radical (unpaired) electrons. The number of para-hydroxylation sites is 1. The number of nitrogens with two attached hydrogens (primary N) is 1. The van der Waals surface area contributed by atoms with E-state index in [9.17, 15) is 14.9 Å². The van der Waals surface area contributed by atoms with E-state index in [1.54, 1.807) is 32.9 Å². The molecule has 0 aromatic heterocycles. The number of rotatable bonds is 6. The van der Waals surface area contributed by atoms with Crippen molar-refractivity contribution in [1.29, 1.82) is 0 Å². The minimum absolute atomic E-state index is 0.0899. The predicted octanol–water partition coefficient (Wildman–Crippen LogP) is 2.46. The number of nitro benzene ring substituents is 1. The van der Waals surface area contributed by atoms with Crippen LogP contribution in [0.15, 0.2) is 18.2 Å². The molecule has 3 N–H and O–H groups in total. The highest BCUT2D eigenvalue weighted by Gasteiger charge is 2.18. The highest BCUT2D eigenvalue weighted by atomic mass is 32.2. The normalized spacial score (nSPS) is 11.0. The second-order valence-electron chi connectivity index (χ2n) is 5.29. The SMILES string of the molecule is CC(C)(C)OC(=O)CSCc1cccc([N+](=O)[O-])c1NN. The van der Waals surface area contributed by atoms with Crippen LogP contribution < -0.4 is 11.3 Å². The van der Waals surface area contributed by atoms with Gasteiger partial charge < -0.3 is 10.2 Å². The molecule has 0 amide bonds. The summed E-state index contributed by atoms with van der Waals surface area (Å²) in [5.74, 6) is 5.62. The largest absolute Gasteiger partial charge is 0.459 e. The third-order valence-corrected chi connectivity index (χ3v) is 3.32. The van der Waals surface area contributed by atoms with Crippen molar-refractivity contribution in [1.82, 2.24) is 0 Å². The molecule has 1 aromatic rings. The predicted molar refractivity (Wildman–Crippen MR) is 82.9 cm³/mol. The van der Waals surface area contributed by atoms with Crippen molar-refractivity contribution in [2.24, 2.45) is 5.84 Å². The van der Waals surface area contributed by atoms with Gasteiger partial charge in [-0.3, -0.25) is 20.8 Å². The standard InChI is InChI=1S/C13H19N3O4S/c1-13(2,3)20-11(17)8-21-7-9-5-4-6-10(16(18)19)12(9)15-14/h4-6,15H,7-8,14H2,1-3H3.